The third-order valence-electron chi connectivity index (χ3n) is 3.44. The predicted molar refractivity (Wildman–Crippen MR) is 83.7 cm³/mol. The number of hydrogen-bond donors (Lipinski definition) is 1. The van der Waals surface area contributed by atoms with Crippen molar-refractivity contribution >= 4 is 35.1 Å². The van der Waals surface area contributed by atoms with Crippen molar-refractivity contribution in [1.82, 2.24) is 15.2 Å². The predicted octanol–water partition coefficient (Wildman–Crippen LogP) is 1.32. The zero-order valence-electron chi connectivity index (χ0n) is 12.9. The van der Waals surface area contributed by atoms with Crippen molar-refractivity contribution < 1.29 is 23.5 Å². The number of ether oxygens (including phenoxy) is 1. The number of fused-ring (bicyclic) bond motifs is 1. The fraction of sp³-hybridized carbons (Fsp3) is 0.250. The van der Waals surface area contributed by atoms with Gasteiger partial charge in [-0.15, -0.1) is 0 Å². The summed E-state index contributed by atoms with van der Waals surface area (Å²) in [6.07, 6.45) is 1.43. The summed E-state index contributed by atoms with van der Waals surface area (Å²) in [4.78, 5) is 40.4. The van der Waals surface area contributed by atoms with Crippen LogP contribution >= 0.6 is 0 Å². The van der Waals surface area contributed by atoms with E-state index >= 15 is 0 Å². The zero-order chi connectivity index (χ0) is 17.1. The molecule has 3 rings (SSSR count). The Balaban J connectivity index is 1.60. The molecule has 0 bridgehead atoms. The minimum Gasteiger partial charge on any atom is -0.449 e. The first-order valence-corrected chi connectivity index (χ1v) is 7.38. The molecule has 1 aromatic heterocycles. The maximum Gasteiger partial charge on any atom is 0.331 e. The summed E-state index contributed by atoms with van der Waals surface area (Å²) >= 11 is 0. The molecule has 1 aliphatic rings. The van der Waals surface area contributed by atoms with Crippen LogP contribution in [0, 0.1) is 0 Å². The van der Waals surface area contributed by atoms with Crippen LogP contribution in [0.4, 0.5) is 4.79 Å². The van der Waals surface area contributed by atoms with Crippen molar-refractivity contribution in [3.05, 3.63) is 36.2 Å². The van der Waals surface area contributed by atoms with Crippen LogP contribution in [0.5, 0.6) is 0 Å². The summed E-state index contributed by atoms with van der Waals surface area (Å²) in [6.45, 7) is 2.07. The number of esters is 1. The second-order valence-corrected chi connectivity index (χ2v) is 5.15. The number of amides is 3. The summed E-state index contributed by atoms with van der Waals surface area (Å²) < 4.78 is 10.4. The Morgan fingerprint density at radius 3 is 2.92 bits per heavy atom. The van der Waals surface area contributed by atoms with Crippen molar-refractivity contribution in [3.63, 3.8) is 0 Å². The fourth-order valence-electron chi connectivity index (χ4n) is 2.27. The summed E-state index contributed by atoms with van der Waals surface area (Å²) in [6, 6.07) is 6.71. The lowest BCUT2D eigenvalue weighted by molar-refractivity contribution is -0.153. The number of nitrogens with one attached hydrogen (secondary N) is 1. The van der Waals surface area contributed by atoms with E-state index in [0.29, 0.717) is 17.6 Å². The van der Waals surface area contributed by atoms with E-state index in [9.17, 15) is 14.4 Å². The number of benzene rings is 1. The van der Waals surface area contributed by atoms with Gasteiger partial charge in [0.25, 0.3) is 5.91 Å². The standard InChI is InChI=1S/C16H15N3O5/c1-10(15(21)19-9-8-17-16(19)22)23-14(20)7-6-13-18-11-4-2-3-5-12(11)24-13/h2-7,10H,8-9H2,1H3,(H,17,22)/b7-6+/t10-/m0/s1. The Labute approximate surface area is 137 Å². The molecule has 1 saturated heterocycles. The molecule has 1 fully saturated rings. The molecule has 1 aliphatic heterocycles. The topological polar surface area (TPSA) is 102 Å². The normalized spacial score (nSPS) is 15.7. The molecule has 1 atom stereocenters. The van der Waals surface area contributed by atoms with Gasteiger partial charge in [-0.1, -0.05) is 12.1 Å². The molecule has 2 aromatic rings. The average Bonchev–Trinajstić information content (AvgIpc) is 3.17. The highest BCUT2D eigenvalue weighted by Crippen LogP contribution is 2.15. The Morgan fingerprint density at radius 1 is 1.42 bits per heavy atom. The van der Waals surface area contributed by atoms with Crippen molar-refractivity contribution in [1.29, 1.82) is 0 Å². The molecule has 1 aromatic carbocycles. The van der Waals surface area contributed by atoms with Gasteiger partial charge in [0.05, 0.1) is 0 Å². The molecule has 0 saturated carbocycles. The molecule has 2 heterocycles. The molecule has 8 nitrogen and oxygen atoms in total. The first-order valence-electron chi connectivity index (χ1n) is 7.38. The van der Waals surface area contributed by atoms with E-state index < -0.39 is 24.0 Å². The van der Waals surface area contributed by atoms with Crippen LogP contribution in [0.1, 0.15) is 12.8 Å². The molecule has 0 spiro atoms. The molecule has 124 valence electrons. The summed E-state index contributed by atoms with van der Waals surface area (Å²) in [7, 11) is 0. The first kappa shape index (κ1) is 15.7. The Hall–Kier alpha value is -3.16. The summed E-state index contributed by atoms with van der Waals surface area (Å²) in [5.74, 6) is -1.03. The lowest BCUT2D eigenvalue weighted by Gasteiger charge is -2.17. The van der Waals surface area contributed by atoms with E-state index in [-0.39, 0.29) is 12.4 Å². The van der Waals surface area contributed by atoms with E-state index in [1.807, 2.05) is 12.1 Å². The van der Waals surface area contributed by atoms with E-state index in [4.69, 9.17) is 9.15 Å². The van der Waals surface area contributed by atoms with E-state index in [2.05, 4.69) is 10.3 Å². The summed E-state index contributed by atoms with van der Waals surface area (Å²) in [5, 5.41) is 2.51. The minimum absolute atomic E-state index is 0.256. The van der Waals surface area contributed by atoms with Gasteiger partial charge in [0.1, 0.15) is 5.52 Å². The van der Waals surface area contributed by atoms with Gasteiger partial charge in [-0.05, 0) is 19.1 Å². The molecular weight excluding hydrogens is 314 g/mol. The second-order valence-electron chi connectivity index (χ2n) is 5.15. The number of carbonyl (C=O) groups excluding carboxylic acids is 3. The molecule has 24 heavy (non-hydrogen) atoms. The zero-order valence-corrected chi connectivity index (χ0v) is 12.9. The highest BCUT2D eigenvalue weighted by atomic mass is 16.5. The number of urea groups is 1. The Kier molecular flexibility index (Phi) is 4.28. The number of carbonyl (C=O) groups is 3. The summed E-state index contributed by atoms with van der Waals surface area (Å²) in [5.41, 5.74) is 1.28. The van der Waals surface area contributed by atoms with Gasteiger partial charge in [-0.25, -0.2) is 14.6 Å². The molecule has 8 heteroatoms. The van der Waals surface area contributed by atoms with E-state index in [0.717, 1.165) is 11.0 Å². The third kappa shape index (κ3) is 3.27. The van der Waals surface area contributed by atoms with Crippen LogP contribution in [-0.4, -0.2) is 47.0 Å². The molecule has 1 N–H and O–H groups in total. The van der Waals surface area contributed by atoms with Gasteiger partial charge < -0.3 is 14.5 Å². The number of aromatic nitrogens is 1. The number of para-hydroxylation sites is 2. The number of hydrogen-bond acceptors (Lipinski definition) is 6. The van der Waals surface area contributed by atoms with Gasteiger partial charge in [0.15, 0.2) is 11.7 Å². The fourth-order valence-corrected chi connectivity index (χ4v) is 2.27. The molecule has 0 aliphatic carbocycles. The van der Waals surface area contributed by atoms with Gasteiger partial charge >= 0.3 is 12.0 Å². The number of imide groups is 1. The third-order valence-corrected chi connectivity index (χ3v) is 3.44. The maximum atomic E-state index is 12.0. The van der Waals surface area contributed by atoms with Gasteiger partial charge in [0.2, 0.25) is 5.89 Å². The maximum absolute atomic E-state index is 12.0. The van der Waals surface area contributed by atoms with Crippen LogP contribution in [0.25, 0.3) is 17.2 Å². The van der Waals surface area contributed by atoms with Crippen LogP contribution in [0.15, 0.2) is 34.8 Å². The molecule has 0 unspecified atom stereocenters. The van der Waals surface area contributed by atoms with Crippen molar-refractivity contribution in [2.24, 2.45) is 0 Å². The quantitative estimate of drug-likeness (QED) is 0.670. The van der Waals surface area contributed by atoms with Crippen LogP contribution in [0.3, 0.4) is 0 Å². The highest BCUT2D eigenvalue weighted by Gasteiger charge is 2.31. The monoisotopic (exact) mass is 329 g/mol. The Morgan fingerprint density at radius 2 is 2.21 bits per heavy atom. The molecular formula is C16H15N3O5. The first-order chi connectivity index (χ1) is 11.5. The minimum atomic E-state index is -1.06. The number of nitrogens with zero attached hydrogens (tertiary/aromatic N) is 2. The van der Waals surface area contributed by atoms with Gasteiger partial charge in [-0.2, -0.15) is 0 Å². The number of oxazole rings is 1. The van der Waals surface area contributed by atoms with E-state index in [1.165, 1.54) is 13.0 Å². The van der Waals surface area contributed by atoms with Gasteiger partial charge in [-0.3, -0.25) is 9.69 Å². The lowest BCUT2D eigenvalue weighted by atomic mass is 10.3. The largest absolute Gasteiger partial charge is 0.449 e. The Bertz CT molecular complexity index is 793. The van der Waals surface area contributed by atoms with Gasteiger partial charge in [0, 0.05) is 25.2 Å². The molecule has 0 radical (unpaired) electrons. The average molecular weight is 329 g/mol. The van der Waals surface area contributed by atoms with Crippen LogP contribution < -0.4 is 5.32 Å². The molecule has 3 amide bonds. The second kappa shape index (κ2) is 6.53. The van der Waals surface area contributed by atoms with Crippen LogP contribution in [0.2, 0.25) is 0 Å². The van der Waals surface area contributed by atoms with E-state index in [1.54, 1.807) is 12.1 Å². The van der Waals surface area contributed by atoms with Crippen molar-refractivity contribution in [2.75, 3.05) is 13.1 Å². The van der Waals surface area contributed by atoms with Crippen molar-refractivity contribution in [2.45, 2.75) is 13.0 Å². The van der Waals surface area contributed by atoms with Crippen molar-refractivity contribution in [3.8, 4) is 0 Å². The lowest BCUT2D eigenvalue weighted by Crippen LogP contribution is -2.41. The highest BCUT2D eigenvalue weighted by molar-refractivity contribution is 5.99. The number of rotatable bonds is 4. The van der Waals surface area contributed by atoms with Crippen LogP contribution in [-0.2, 0) is 14.3 Å². The SMILES string of the molecule is C[C@H](OC(=O)/C=C/c1nc2ccccc2o1)C(=O)N1CCNC1=O. The smallest absolute Gasteiger partial charge is 0.331 e.